The highest BCUT2D eigenvalue weighted by molar-refractivity contribution is 6.12. The fraction of sp³-hybridized carbons (Fsp3) is 0.333. The molecule has 0 aliphatic carbocycles. The van der Waals surface area contributed by atoms with Gasteiger partial charge in [-0.1, -0.05) is 0 Å². The van der Waals surface area contributed by atoms with Crippen LogP contribution >= 0.6 is 0 Å². The van der Waals surface area contributed by atoms with Crippen LogP contribution in [0.3, 0.4) is 0 Å². The molecule has 2 aliphatic rings. The normalized spacial score (nSPS) is 24.5. The van der Waals surface area contributed by atoms with Gasteiger partial charge in [0, 0.05) is 31.1 Å². The highest BCUT2D eigenvalue weighted by Gasteiger charge is 2.29. The molecule has 28 heavy (non-hydrogen) atoms. The minimum atomic E-state index is -0.700. The van der Waals surface area contributed by atoms with Gasteiger partial charge in [0.05, 0.1) is 23.6 Å². The molecule has 146 valence electrons. The van der Waals surface area contributed by atoms with Crippen molar-refractivity contribution in [2.75, 3.05) is 23.3 Å². The molecule has 2 aromatic rings. The number of hydrogen-bond acceptors (Lipinski definition) is 4. The van der Waals surface area contributed by atoms with Gasteiger partial charge < -0.3 is 15.0 Å². The average Bonchev–Trinajstić information content (AvgIpc) is 2.93. The molecule has 3 atom stereocenters. The minimum absolute atomic E-state index is 0.0298. The molecule has 7 heteroatoms. The smallest absolute Gasteiger partial charge is 0.237 e. The number of aliphatic imine (C=N–C) groups is 1. The third-order valence-corrected chi connectivity index (χ3v) is 4.95. The van der Waals surface area contributed by atoms with Crippen molar-refractivity contribution in [3.05, 3.63) is 53.6 Å². The maximum Gasteiger partial charge on any atom is 0.237 e. The summed E-state index contributed by atoms with van der Waals surface area (Å²) in [4.78, 5) is 18.4. The van der Waals surface area contributed by atoms with Crippen molar-refractivity contribution in [3.63, 3.8) is 0 Å². The van der Waals surface area contributed by atoms with Gasteiger partial charge >= 0.3 is 0 Å². The SMILES string of the molecule is CC1CN(c2ccc(N=CC3C(=O)Nc4ccc(F)cc43)cc2F)CC(C)O1. The van der Waals surface area contributed by atoms with Crippen molar-refractivity contribution in [3.8, 4) is 0 Å². The lowest BCUT2D eigenvalue weighted by atomic mass is 10.0. The van der Waals surface area contributed by atoms with E-state index < -0.39 is 11.7 Å². The van der Waals surface area contributed by atoms with Gasteiger partial charge in [0.1, 0.15) is 17.6 Å². The Labute approximate surface area is 162 Å². The second kappa shape index (κ2) is 7.31. The first-order chi connectivity index (χ1) is 13.4. The molecular weight excluding hydrogens is 364 g/mol. The van der Waals surface area contributed by atoms with Gasteiger partial charge in [-0.2, -0.15) is 0 Å². The third-order valence-electron chi connectivity index (χ3n) is 4.95. The standard InChI is InChI=1S/C21H21F2N3O2/c1-12-10-26(11-13(2)28-12)20-6-4-15(8-18(20)23)24-9-17-16-7-14(22)3-5-19(16)25-21(17)27/h3-9,12-13,17H,10-11H2,1-2H3,(H,25,27). The Bertz CT molecular complexity index is 937. The van der Waals surface area contributed by atoms with Crippen LogP contribution in [0.2, 0.25) is 0 Å². The molecule has 0 radical (unpaired) electrons. The minimum Gasteiger partial charge on any atom is -0.372 e. The van der Waals surface area contributed by atoms with Crippen molar-refractivity contribution in [1.82, 2.24) is 0 Å². The molecule has 1 saturated heterocycles. The molecule has 0 aromatic heterocycles. The number of amides is 1. The fourth-order valence-electron chi connectivity index (χ4n) is 3.77. The van der Waals surface area contributed by atoms with E-state index in [1.807, 2.05) is 18.7 Å². The van der Waals surface area contributed by atoms with E-state index in [-0.39, 0.29) is 23.9 Å². The number of carbonyl (C=O) groups excluding carboxylic acids is 1. The molecule has 0 bridgehead atoms. The molecule has 1 fully saturated rings. The number of morpholine rings is 1. The average molecular weight is 385 g/mol. The summed E-state index contributed by atoms with van der Waals surface area (Å²) in [5.74, 6) is -1.77. The van der Waals surface area contributed by atoms with Crippen LogP contribution in [0.1, 0.15) is 25.3 Å². The van der Waals surface area contributed by atoms with Gasteiger partial charge in [0.25, 0.3) is 0 Å². The van der Waals surface area contributed by atoms with Crippen molar-refractivity contribution in [2.45, 2.75) is 32.0 Å². The van der Waals surface area contributed by atoms with Crippen LogP contribution in [0, 0.1) is 11.6 Å². The number of halogens is 2. The number of nitrogens with zero attached hydrogens (tertiary/aromatic N) is 2. The maximum atomic E-state index is 14.7. The summed E-state index contributed by atoms with van der Waals surface area (Å²) in [6.07, 6.45) is 1.48. The zero-order valence-corrected chi connectivity index (χ0v) is 15.7. The number of fused-ring (bicyclic) bond motifs is 1. The predicted molar refractivity (Wildman–Crippen MR) is 105 cm³/mol. The van der Waals surface area contributed by atoms with Crippen LogP contribution in [0.4, 0.5) is 25.8 Å². The summed E-state index contributed by atoms with van der Waals surface area (Å²) in [5.41, 5.74) is 2.00. The molecule has 2 aromatic carbocycles. The summed E-state index contributed by atoms with van der Waals surface area (Å²) < 4.78 is 33.9. The molecule has 0 spiro atoms. The summed E-state index contributed by atoms with van der Waals surface area (Å²) in [5, 5.41) is 2.69. The van der Waals surface area contributed by atoms with Gasteiger partial charge in [-0.25, -0.2) is 8.78 Å². The summed E-state index contributed by atoms with van der Waals surface area (Å²) >= 11 is 0. The van der Waals surface area contributed by atoms with Crippen molar-refractivity contribution in [2.24, 2.45) is 4.99 Å². The lowest BCUT2D eigenvalue weighted by Gasteiger charge is -2.37. The van der Waals surface area contributed by atoms with Crippen LogP contribution in [0.5, 0.6) is 0 Å². The van der Waals surface area contributed by atoms with Gasteiger partial charge in [-0.15, -0.1) is 0 Å². The van der Waals surface area contributed by atoms with E-state index >= 15 is 0 Å². The predicted octanol–water partition coefficient (Wildman–Crippen LogP) is 4.02. The molecular formula is C21H21F2N3O2. The van der Waals surface area contributed by atoms with E-state index in [2.05, 4.69) is 10.3 Å². The largest absolute Gasteiger partial charge is 0.372 e. The van der Waals surface area contributed by atoms with Crippen LogP contribution in [-0.4, -0.2) is 37.4 Å². The molecule has 2 aliphatic heterocycles. The lowest BCUT2D eigenvalue weighted by molar-refractivity contribution is -0.115. The topological polar surface area (TPSA) is 53.9 Å². The fourth-order valence-corrected chi connectivity index (χ4v) is 3.77. The number of rotatable bonds is 3. The summed E-state index contributed by atoms with van der Waals surface area (Å²) in [6, 6.07) is 8.87. The first kappa shape index (κ1) is 18.6. The molecule has 3 unspecified atom stereocenters. The first-order valence-corrected chi connectivity index (χ1v) is 9.25. The lowest BCUT2D eigenvalue weighted by Crippen LogP contribution is -2.45. The van der Waals surface area contributed by atoms with Crippen molar-refractivity contribution >= 4 is 29.2 Å². The maximum absolute atomic E-state index is 14.7. The van der Waals surface area contributed by atoms with Crippen molar-refractivity contribution in [1.29, 1.82) is 0 Å². The summed E-state index contributed by atoms with van der Waals surface area (Å²) in [7, 11) is 0. The van der Waals surface area contributed by atoms with Crippen LogP contribution in [0.15, 0.2) is 41.4 Å². The Morgan fingerprint density at radius 2 is 1.89 bits per heavy atom. The number of carbonyl (C=O) groups is 1. The van der Waals surface area contributed by atoms with E-state index in [1.54, 1.807) is 12.1 Å². The molecule has 1 amide bonds. The Morgan fingerprint density at radius 1 is 1.14 bits per heavy atom. The molecule has 2 heterocycles. The van der Waals surface area contributed by atoms with Crippen molar-refractivity contribution < 1.29 is 18.3 Å². The number of benzene rings is 2. The Kier molecular flexibility index (Phi) is 4.85. The Hall–Kier alpha value is -2.80. The van der Waals surface area contributed by atoms with Crippen LogP contribution in [0.25, 0.3) is 0 Å². The number of anilines is 2. The monoisotopic (exact) mass is 385 g/mol. The second-order valence-electron chi connectivity index (χ2n) is 7.27. The third kappa shape index (κ3) is 3.62. The zero-order chi connectivity index (χ0) is 19.8. The van der Waals surface area contributed by atoms with Gasteiger partial charge in [-0.3, -0.25) is 9.79 Å². The van der Waals surface area contributed by atoms with E-state index in [1.165, 1.54) is 30.5 Å². The van der Waals surface area contributed by atoms with Crippen LogP contribution in [-0.2, 0) is 9.53 Å². The number of nitrogens with one attached hydrogen (secondary N) is 1. The first-order valence-electron chi connectivity index (χ1n) is 9.25. The molecule has 4 rings (SSSR count). The molecule has 0 saturated carbocycles. The van der Waals surface area contributed by atoms with Gasteiger partial charge in [0.15, 0.2) is 0 Å². The van der Waals surface area contributed by atoms with E-state index in [0.717, 1.165) is 0 Å². The van der Waals surface area contributed by atoms with E-state index in [0.29, 0.717) is 35.7 Å². The number of ether oxygens (including phenoxy) is 1. The van der Waals surface area contributed by atoms with E-state index in [9.17, 15) is 13.6 Å². The molecule has 5 nitrogen and oxygen atoms in total. The highest BCUT2D eigenvalue weighted by Crippen LogP contribution is 2.33. The Balaban J connectivity index is 1.54. The van der Waals surface area contributed by atoms with Crippen LogP contribution < -0.4 is 10.2 Å². The zero-order valence-electron chi connectivity index (χ0n) is 15.7. The number of hydrogen-bond donors (Lipinski definition) is 1. The van der Waals surface area contributed by atoms with Gasteiger partial charge in [0.2, 0.25) is 5.91 Å². The van der Waals surface area contributed by atoms with Gasteiger partial charge in [-0.05, 0) is 49.7 Å². The Morgan fingerprint density at radius 3 is 2.61 bits per heavy atom. The molecule has 1 N–H and O–H groups in total. The summed E-state index contributed by atoms with van der Waals surface area (Å²) in [6.45, 7) is 5.17. The quantitative estimate of drug-likeness (QED) is 0.812. The second-order valence-corrected chi connectivity index (χ2v) is 7.27. The van der Waals surface area contributed by atoms with E-state index in [4.69, 9.17) is 4.74 Å². The highest BCUT2D eigenvalue weighted by atomic mass is 19.1.